The van der Waals surface area contributed by atoms with E-state index in [1.54, 1.807) is 0 Å². The average Bonchev–Trinajstić information content (AvgIpc) is 2.98. The normalized spacial score (nSPS) is 21.8. The van der Waals surface area contributed by atoms with Crippen molar-refractivity contribution in [3.8, 4) is 11.1 Å². The number of aliphatic hydroxyl groups excluding tert-OH is 1. The lowest BCUT2D eigenvalue weighted by Crippen LogP contribution is -2.49. The molecule has 5 nitrogen and oxygen atoms in total. The number of hydrogen-bond donors (Lipinski definition) is 2. The van der Waals surface area contributed by atoms with Crippen molar-refractivity contribution in [1.82, 2.24) is 5.32 Å². The van der Waals surface area contributed by atoms with E-state index < -0.39 is 18.2 Å². The van der Waals surface area contributed by atoms with E-state index in [1.807, 2.05) is 24.3 Å². The second kappa shape index (κ2) is 6.92. The molecule has 0 unspecified atom stereocenters. The van der Waals surface area contributed by atoms with Crippen LogP contribution in [0.25, 0.3) is 11.1 Å². The number of aliphatic hydroxyl groups is 1. The van der Waals surface area contributed by atoms with Crippen LogP contribution in [-0.2, 0) is 9.53 Å². The number of rotatable bonds is 3. The van der Waals surface area contributed by atoms with Gasteiger partial charge in [-0.2, -0.15) is 0 Å². The Labute approximate surface area is 152 Å². The van der Waals surface area contributed by atoms with E-state index >= 15 is 0 Å². The molecule has 26 heavy (non-hydrogen) atoms. The maximum Gasteiger partial charge on any atom is 0.407 e. The third-order valence-electron chi connectivity index (χ3n) is 5.30. The zero-order chi connectivity index (χ0) is 18.1. The Morgan fingerprint density at radius 1 is 1.08 bits per heavy atom. The number of nitrogens with one attached hydrogen (secondary N) is 1. The van der Waals surface area contributed by atoms with E-state index in [0.29, 0.717) is 19.3 Å². The van der Waals surface area contributed by atoms with E-state index in [0.717, 1.165) is 11.1 Å². The molecule has 0 saturated heterocycles. The summed E-state index contributed by atoms with van der Waals surface area (Å²) in [6, 6.07) is 15.7. The predicted octanol–water partition coefficient (Wildman–Crippen LogP) is 3.01. The third kappa shape index (κ3) is 2.99. The van der Waals surface area contributed by atoms with Gasteiger partial charge in [-0.1, -0.05) is 48.5 Å². The van der Waals surface area contributed by atoms with Crippen LogP contribution in [0, 0.1) is 0 Å². The summed E-state index contributed by atoms with van der Waals surface area (Å²) in [6.07, 6.45) is -0.111. The van der Waals surface area contributed by atoms with E-state index in [9.17, 15) is 14.7 Å². The van der Waals surface area contributed by atoms with Gasteiger partial charge in [-0.15, -0.1) is 0 Å². The van der Waals surface area contributed by atoms with Crippen molar-refractivity contribution in [3.05, 3.63) is 59.7 Å². The van der Waals surface area contributed by atoms with Crippen LogP contribution in [0.2, 0.25) is 0 Å². The van der Waals surface area contributed by atoms with Crippen molar-refractivity contribution >= 4 is 11.9 Å². The van der Waals surface area contributed by atoms with Crippen LogP contribution in [0.4, 0.5) is 4.79 Å². The van der Waals surface area contributed by atoms with Gasteiger partial charge >= 0.3 is 6.09 Å². The van der Waals surface area contributed by atoms with Crippen LogP contribution >= 0.6 is 0 Å². The van der Waals surface area contributed by atoms with Gasteiger partial charge in [0.05, 0.1) is 6.04 Å². The van der Waals surface area contributed by atoms with Crippen LogP contribution in [0.1, 0.15) is 36.3 Å². The number of fused-ring (bicyclic) bond motifs is 3. The molecule has 2 aromatic rings. The number of carbonyl (C=O) groups is 2. The summed E-state index contributed by atoms with van der Waals surface area (Å²) in [4.78, 5) is 23.8. The summed E-state index contributed by atoms with van der Waals surface area (Å²) in [5, 5.41) is 12.5. The van der Waals surface area contributed by atoms with Crippen LogP contribution < -0.4 is 5.32 Å². The molecule has 0 radical (unpaired) electrons. The molecule has 0 aliphatic heterocycles. The van der Waals surface area contributed by atoms with Crippen molar-refractivity contribution in [3.63, 3.8) is 0 Å². The lowest BCUT2D eigenvalue weighted by molar-refractivity contribution is -0.130. The molecule has 2 atom stereocenters. The van der Waals surface area contributed by atoms with Gasteiger partial charge in [-0.05, 0) is 35.1 Å². The standard InChI is InChI=1S/C21H21NO4/c23-19-11-5-10-18(20(19)24)22-21(25)26-12-17-15-8-3-1-6-13(15)14-7-2-4-9-16(14)17/h1-4,6-9,17-18,20,24H,5,10-12H2,(H,22,25)/t18-,20-/m1/s1. The number of carbonyl (C=O) groups excluding carboxylic acids is 2. The Bertz CT molecular complexity index is 802. The summed E-state index contributed by atoms with van der Waals surface area (Å²) in [5.41, 5.74) is 4.64. The molecule has 2 aliphatic carbocycles. The topological polar surface area (TPSA) is 75.6 Å². The minimum absolute atomic E-state index is 0.00828. The summed E-state index contributed by atoms with van der Waals surface area (Å²) in [7, 11) is 0. The number of hydrogen-bond acceptors (Lipinski definition) is 4. The Morgan fingerprint density at radius 2 is 1.69 bits per heavy atom. The molecular formula is C21H21NO4. The zero-order valence-corrected chi connectivity index (χ0v) is 14.4. The van der Waals surface area contributed by atoms with Crippen molar-refractivity contribution in [2.45, 2.75) is 37.3 Å². The fraction of sp³-hybridized carbons (Fsp3) is 0.333. The van der Waals surface area contributed by atoms with E-state index in [4.69, 9.17) is 4.74 Å². The van der Waals surface area contributed by atoms with Crippen molar-refractivity contribution < 1.29 is 19.4 Å². The fourth-order valence-corrected chi connectivity index (χ4v) is 3.97. The van der Waals surface area contributed by atoms with Gasteiger partial charge in [0.2, 0.25) is 0 Å². The first-order valence-corrected chi connectivity index (χ1v) is 8.97. The number of benzene rings is 2. The molecule has 134 valence electrons. The highest BCUT2D eigenvalue weighted by Gasteiger charge is 2.32. The Balaban J connectivity index is 1.45. The minimum atomic E-state index is -1.13. The molecule has 0 spiro atoms. The van der Waals surface area contributed by atoms with Gasteiger partial charge in [0.15, 0.2) is 5.78 Å². The molecule has 1 amide bonds. The van der Waals surface area contributed by atoms with Gasteiger partial charge in [0, 0.05) is 12.3 Å². The van der Waals surface area contributed by atoms with E-state index in [-0.39, 0.29) is 18.3 Å². The predicted molar refractivity (Wildman–Crippen MR) is 96.9 cm³/mol. The molecule has 2 aromatic carbocycles. The van der Waals surface area contributed by atoms with Crippen LogP contribution in [0.15, 0.2) is 48.5 Å². The summed E-state index contributed by atoms with van der Waals surface area (Å²) in [6.45, 7) is 0.219. The van der Waals surface area contributed by atoms with Gasteiger partial charge in [0.25, 0.3) is 0 Å². The SMILES string of the molecule is O=C(N[C@@H]1CCCC(=O)[C@@H]1O)OCC1c2ccccc2-c2ccccc21. The molecule has 0 aromatic heterocycles. The van der Waals surface area contributed by atoms with Gasteiger partial charge in [0.1, 0.15) is 12.7 Å². The average molecular weight is 351 g/mol. The van der Waals surface area contributed by atoms with Gasteiger partial charge in [-0.3, -0.25) is 4.79 Å². The summed E-state index contributed by atoms with van der Waals surface area (Å²) < 4.78 is 5.45. The number of amides is 1. The molecule has 2 N–H and O–H groups in total. The maximum absolute atomic E-state index is 12.2. The number of ketones is 1. The molecular weight excluding hydrogens is 330 g/mol. The lowest BCUT2D eigenvalue weighted by atomic mass is 9.91. The lowest BCUT2D eigenvalue weighted by Gasteiger charge is -2.27. The first-order valence-electron chi connectivity index (χ1n) is 8.97. The van der Waals surface area contributed by atoms with Crippen molar-refractivity contribution in [2.24, 2.45) is 0 Å². The highest BCUT2D eigenvalue weighted by atomic mass is 16.5. The molecule has 0 heterocycles. The quantitative estimate of drug-likeness (QED) is 0.891. The molecule has 1 fully saturated rings. The largest absolute Gasteiger partial charge is 0.449 e. The van der Waals surface area contributed by atoms with Crippen LogP contribution in [0.5, 0.6) is 0 Å². The molecule has 1 saturated carbocycles. The smallest absolute Gasteiger partial charge is 0.407 e. The summed E-state index contributed by atoms with van der Waals surface area (Å²) >= 11 is 0. The van der Waals surface area contributed by atoms with Gasteiger partial charge < -0.3 is 15.2 Å². The van der Waals surface area contributed by atoms with Crippen LogP contribution in [-0.4, -0.2) is 35.7 Å². The monoisotopic (exact) mass is 351 g/mol. The highest BCUT2D eigenvalue weighted by Crippen LogP contribution is 2.44. The Morgan fingerprint density at radius 3 is 2.35 bits per heavy atom. The Kier molecular flexibility index (Phi) is 4.47. The third-order valence-corrected chi connectivity index (χ3v) is 5.30. The van der Waals surface area contributed by atoms with E-state index in [2.05, 4.69) is 29.6 Å². The number of Topliss-reactive ketones (excluding diaryl/α,β-unsaturated/α-hetero) is 1. The second-order valence-corrected chi connectivity index (χ2v) is 6.88. The first kappa shape index (κ1) is 16.8. The van der Waals surface area contributed by atoms with Crippen molar-refractivity contribution in [2.75, 3.05) is 6.61 Å². The highest BCUT2D eigenvalue weighted by molar-refractivity contribution is 5.85. The molecule has 5 heteroatoms. The number of alkyl carbamates (subject to hydrolysis) is 1. The molecule has 4 rings (SSSR count). The molecule has 0 bridgehead atoms. The van der Waals surface area contributed by atoms with Crippen molar-refractivity contribution in [1.29, 1.82) is 0 Å². The Hall–Kier alpha value is -2.66. The minimum Gasteiger partial charge on any atom is -0.449 e. The zero-order valence-electron chi connectivity index (χ0n) is 14.4. The summed E-state index contributed by atoms with van der Waals surface area (Å²) in [5.74, 6) is -0.230. The second-order valence-electron chi connectivity index (χ2n) is 6.88. The maximum atomic E-state index is 12.2. The van der Waals surface area contributed by atoms with Gasteiger partial charge in [-0.25, -0.2) is 4.79 Å². The first-order chi connectivity index (χ1) is 12.6. The number of ether oxygens (including phenoxy) is 1. The molecule has 2 aliphatic rings. The van der Waals surface area contributed by atoms with E-state index in [1.165, 1.54) is 11.1 Å². The fourth-order valence-electron chi connectivity index (χ4n) is 3.97. The van der Waals surface area contributed by atoms with Crippen LogP contribution in [0.3, 0.4) is 0 Å².